The summed E-state index contributed by atoms with van der Waals surface area (Å²) in [5.74, 6) is 0.581. The van der Waals surface area contributed by atoms with E-state index in [2.05, 4.69) is 20.8 Å². The zero-order valence-electron chi connectivity index (χ0n) is 10.9. The Kier molecular flexibility index (Phi) is 7.27. The molecule has 0 saturated carbocycles. The average Bonchev–Trinajstić information content (AvgIpc) is 2.18. The van der Waals surface area contributed by atoms with Gasteiger partial charge in [-0.15, -0.1) is 0 Å². The van der Waals surface area contributed by atoms with Crippen LogP contribution in [0, 0.1) is 12.8 Å². The molecular weight excluding hydrogens is 200 g/mol. The van der Waals surface area contributed by atoms with Crippen LogP contribution in [0.5, 0.6) is 0 Å². The third-order valence-corrected chi connectivity index (χ3v) is 1.56. The van der Waals surface area contributed by atoms with Crippen LogP contribution in [0.4, 0.5) is 0 Å². The van der Waals surface area contributed by atoms with Gasteiger partial charge in [0, 0.05) is 0 Å². The highest BCUT2D eigenvalue weighted by Gasteiger charge is 2.03. The molecule has 0 aliphatic rings. The Labute approximate surface area is 98.6 Å². The highest BCUT2D eigenvalue weighted by atomic mass is 16.5. The van der Waals surface area contributed by atoms with Crippen molar-refractivity contribution in [2.24, 2.45) is 5.92 Å². The molecule has 0 atom stereocenters. The minimum Gasteiger partial charge on any atom is -0.462 e. The highest BCUT2D eigenvalue weighted by molar-refractivity contribution is 5.89. The van der Waals surface area contributed by atoms with Crippen LogP contribution in [0.3, 0.4) is 0 Å². The fraction of sp³-hybridized carbons (Fsp3) is 0.500. The van der Waals surface area contributed by atoms with Gasteiger partial charge < -0.3 is 4.74 Å². The second-order valence-electron chi connectivity index (χ2n) is 4.32. The van der Waals surface area contributed by atoms with E-state index in [1.54, 1.807) is 19.1 Å². The number of carbonyl (C=O) groups is 1. The molecule has 2 nitrogen and oxygen atoms in total. The Morgan fingerprint density at radius 2 is 1.62 bits per heavy atom. The number of benzene rings is 1. The third-order valence-electron chi connectivity index (χ3n) is 1.56. The van der Waals surface area contributed by atoms with Crippen molar-refractivity contribution in [3.63, 3.8) is 0 Å². The first-order chi connectivity index (χ1) is 7.47. The van der Waals surface area contributed by atoms with E-state index in [1.807, 2.05) is 19.1 Å². The summed E-state index contributed by atoms with van der Waals surface area (Å²) in [6, 6.07) is 7.33. The minimum absolute atomic E-state index is 0.252. The van der Waals surface area contributed by atoms with Gasteiger partial charge in [-0.1, -0.05) is 38.5 Å². The zero-order valence-corrected chi connectivity index (χ0v) is 10.9. The topological polar surface area (TPSA) is 26.3 Å². The number of aryl methyl sites for hydroxylation is 1. The quantitative estimate of drug-likeness (QED) is 0.711. The predicted molar refractivity (Wildman–Crippen MR) is 67.6 cm³/mol. The molecule has 16 heavy (non-hydrogen) atoms. The molecule has 0 heterocycles. The molecule has 2 heteroatoms. The van der Waals surface area contributed by atoms with E-state index in [0.29, 0.717) is 12.2 Å². The number of esters is 1. The molecule has 0 aromatic heterocycles. The molecule has 90 valence electrons. The van der Waals surface area contributed by atoms with E-state index >= 15 is 0 Å². The van der Waals surface area contributed by atoms with Gasteiger partial charge in [0.2, 0.25) is 0 Å². The fourth-order valence-electron chi connectivity index (χ4n) is 0.904. The van der Waals surface area contributed by atoms with Gasteiger partial charge in [-0.3, -0.25) is 0 Å². The monoisotopic (exact) mass is 222 g/mol. The van der Waals surface area contributed by atoms with Crippen LogP contribution in [0.15, 0.2) is 24.3 Å². The van der Waals surface area contributed by atoms with E-state index in [0.717, 1.165) is 11.5 Å². The molecular formula is C14H22O2. The van der Waals surface area contributed by atoms with Gasteiger partial charge >= 0.3 is 5.97 Å². The lowest BCUT2D eigenvalue weighted by molar-refractivity contribution is 0.0526. The highest BCUT2D eigenvalue weighted by Crippen LogP contribution is 2.04. The molecule has 0 radical (unpaired) electrons. The van der Waals surface area contributed by atoms with Crippen LogP contribution in [0.1, 0.15) is 43.6 Å². The summed E-state index contributed by atoms with van der Waals surface area (Å²) in [6.45, 7) is 10.7. The standard InChI is InChI=1S/C10H12O2.C4H10/c1-3-12-10(11)9-6-4-8(2)5-7-9;1-4(2)3/h4-7H,3H2,1-2H3;4H,1-3H3. The summed E-state index contributed by atoms with van der Waals surface area (Å²) in [4.78, 5) is 11.1. The molecule has 0 saturated heterocycles. The molecule has 0 aliphatic heterocycles. The second-order valence-corrected chi connectivity index (χ2v) is 4.32. The largest absolute Gasteiger partial charge is 0.462 e. The second kappa shape index (κ2) is 7.91. The number of hydrogen-bond donors (Lipinski definition) is 0. The van der Waals surface area contributed by atoms with Gasteiger partial charge in [-0.25, -0.2) is 4.79 Å². The van der Waals surface area contributed by atoms with Crippen LogP contribution in [-0.2, 0) is 4.74 Å². The van der Waals surface area contributed by atoms with E-state index < -0.39 is 0 Å². The van der Waals surface area contributed by atoms with Gasteiger partial charge in [0.1, 0.15) is 0 Å². The Bertz CT molecular complexity index is 296. The summed E-state index contributed by atoms with van der Waals surface area (Å²) < 4.78 is 4.83. The Balaban J connectivity index is 0.000000487. The van der Waals surface area contributed by atoms with Crippen LogP contribution in [0.2, 0.25) is 0 Å². The lowest BCUT2D eigenvalue weighted by Crippen LogP contribution is -2.03. The van der Waals surface area contributed by atoms with Gasteiger partial charge in [-0.2, -0.15) is 0 Å². The SMILES string of the molecule is CC(C)C.CCOC(=O)c1ccc(C)cc1. The van der Waals surface area contributed by atoms with Crippen LogP contribution >= 0.6 is 0 Å². The van der Waals surface area contributed by atoms with Crippen molar-refractivity contribution in [2.45, 2.75) is 34.6 Å². The lowest BCUT2D eigenvalue weighted by Gasteiger charge is -2.00. The number of ether oxygens (including phenoxy) is 1. The molecule has 1 rings (SSSR count). The Morgan fingerprint density at radius 3 is 2.00 bits per heavy atom. The summed E-state index contributed by atoms with van der Waals surface area (Å²) in [5, 5.41) is 0. The molecule has 0 aliphatic carbocycles. The van der Waals surface area contributed by atoms with Crippen molar-refractivity contribution >= 4 is 5.97 Å². The van der Waals surface area contributed by atoms with E-state index in [4.69, 9.17) is 4.74 Å². The molecule has 0 amide bonds. The number of carbonyl (C=O) groups excluding carboxylic acids is 1. The van der Waals surface area contributed by atoms with Crippen molar-refractivity contribution in [3.8, 4) is 0 Å². The normalized spacial score (nSPS) is 9.38. The predicted octanol–water partition coefficient (Wildman–Crippen LogP) is 3.83. The van der Waals surface area contributed by atoms with Crippen molar-refractivity contribution in [1.29, 1.82) is 0 Å². The molecule has 1 aromatic rings. The van der Waals surface area contributed by atoms with Crippen molar-refractivity contribution < 1.29 is 9.53 Å². The smallest absolute Gasteiger partial charge is 0.338 e. The maximum Gasteiger partial charge on any atom is 0.338 e. The first-order valence-corrected chi connectivity index (χ1v) is 5.71. The van der Waals surface area contributed by atoms with Crippen molar-refractivity contribution in [2.75, 3.05) is 6.61 Å². The molecule has 0 fully saturated rings. The summed E-state index contributed by atoms with van der Waals surface area (Å²) in [6.07, 6.45) is 0. The van der Waals surface area contributed by atoms with E-state index in [1.165, 1.54) is 0 Å². The summed E-state index contributed by atoms with van der Waals surface area (Å²) >= 11 is 0. The number of rotatable bonds is 2. The Hall–Kier alpha value is -1.31. The Morgan fingerprint density at radius 1 is 1.19 bits per heavy atom. The van der Waals surface area contributed by atoms with Crippen LogP contribution in [0.25, 0.3) is 0 Å². The van der Waals surface area contributed by atoms with Gasteiger partial charge in [-0.05, 0) is 31.9 Å². The lowest BCUT2D eigenvalue weighted by atomic mass is 10.1. The fourth-order valence-corrected chi connectivity index (χ4v) is 0.904. The molecule has 1 aromatic carbocycles. The number of hydrogen-bond acceptors (Lipinski definition) is 2. The molecule has 0 unspecified atom stereocenters. The van der Waals surface area contributed by atoms with Crippen molar-refractivity contribution in [1.82, 2.24) is 0 Å². The van der Waals surface area contributed by atoms with Crippen LogP contribution in [-0.4, -0.2) is 12.6 Å². The first kappa shape index (κ1) is 14.7. The molecule has 0 spiro atoms. The third kappa shape index (κ3) is 7.04. The molecule has 0 N–H and O–H groups in total. The maximum atomic E-state index is 11.1. The average molecular weight is 222 g/mol. The van der Waals surface area contributed by atoms with Gasteiger partial charge in [0.15, 0.2) is 0 Å². The summed E-state index contributed by atoms with van der Waals surface area (Å²) in [7, 11) is 0. The summed E-state index contributed by atoms with van der Waals surface area (Å²) in [5.41, 5.74) is 1.76. The van der Waals surface area contributed by atoms with Crippen molar-refractivity contribution in [3.05, 3.63) is 35.4 Å². The van der Waals surface area contributed by atoms with E-state index in [9.17, 15) is 4.79 Å². The van der Waals surface area contributed by atoms with E-state index in [-0.39, 0.29) is 5.97 Å². The first-order valence-electron chi connectivity index (χ1n) is 5.71. The van der Waals surface area contributed by atoms with Gasteiger partial charge in [0.05, 0.1) is 12.2 Å². The van der Waals surface area contributed by atoms with Gasteiger partial charge in [0.25, 0.3) is 0 Å². The molecule has 0 bridgehead atoms. The maximum absolute atomic E-state index is 11.1. The van der Waals surface area contributed by atoms with Crippen LogP contribution < -0.4 is 0 Å². The zero-order chi connectivity index (χ0) is 12.6. The minimum atomic E-state index is -0.252.